The van der Waals surface area contributed by atoms with Gasteiger partial charge in [0.15, 0.2) is 12.4 Å². The van der Waals surface area contributed by atoms with Crippen LogP contribution in [-0.4, -0.2) is 13.6 Å². The summed E-state index contributed by atoms with van der Waals surface area (Å²) in [6, 6.07) is 11.1. The zero-order valence-corrected chi connectivity index (χ0v) is 14.8. The lowest BCUT2D eigenvalue weighted by Gasteiger charge is -2.19. The van der Waals surface area contributed by atoms with Crippen LogP contribution in [0.2, 0.25) is 0 Å². The molecule has 3 rings (SSSR count). The molecule has 0 atom stereocenters. The first-order valence-electron chi connectivity index (χ1n) is 8.78. The Bertz CT molecular complexity index is 741. The van der Waals surface area contributed by atoms with Crippen LogP contribution in [0, 0.1) is 0 Å². The third kappa shape index (κ3) is 3.76. The average molecular weight is 319 g/mol. The zero-order valence-electron chi connectivity index (χ0n) is 14.8. The molecule has 24 heavy (non-hydrogen) atoms. The molecule has 2 heteroatoms. The standard InChI is InChI=1S/C22H27N2/c1-4-5-14-24(3)21-11-9-18(10-12-21)16-19-7-6-8-20-17-23(2)15-13-22(19)20/h4,9-13,15-17H,1,5-8,14H2,2-3H3/q+1. The highest BCUT2D eigenvalue weighted by Gasteiger charge is 2.16. The van der Waals surface area contributed by atoms with E-state index in [1.54, 1.807) is 0 Å². The van der Waals surface area contributed by atoms with Crippen molar-refractivity contribution in [2.75, 3.05) is 18.5 Å². The van der Waals surface area contributed by atoms with Crippen molar-refractivity contribution >= 4 is 17.3 Å². The molecule has 0 amide bonds. The normalized spacial score (nSPS) is 15.2. The highest BCUT2D eigenvalue weighted by atomic mass is 15.1. The molecule has 0 spiro atoms. The molecular formula is C22H27N2+. The van der Waals surface area contributed by atoms with E-state index < -0.39 is 0 Å². The fourth-order valence-electron chi connectivity index (χ4n) is 3.36. The van der Waals surface area contributed by atoms with E-state index in [1.807, 2.05) is 6.08 Å². The van der Waals surface area contributed by atoms with Gasteiger partial charge >= 0.3 is 0 Å². The van der Waals surface area contributed by atoms with Gasteiger partial charge in [-0.25, -0.2) is 4.57 Å². The maximum absolute atomic E-state index is 3.79. The molecule has 1 aromatic carbocycles. The second kappa shape index (κ2) is 7.48. The number of aryl methyl sites for hydroxylation is 2. The summed E-state index contributed by atoms with van der Waals surface area (Å²) in [7, 11) is 4.23. The van der Waals surface area contributed by atoms with Crippen molar-refractivity contribution in [2.24, 2.45) is 7.05 Å². The van der Waals surface area contributed by atoms with Crippen LogP contribution in [0.5, 0.6) is 0 Å². The van der Waals surface area contributed by atoms with E-state index in [1.165, 1.54) is 47.2 Å². The fraction of sp³-hybridized carbons (Fsp3) is 0.318. The van der Waals surface area contributed by atoms with E-state index >= 15 is 0 Å². The highest BCUT2D eigenvalue weighted by Crippen LogP contribution is 2.31. The fourth-order valence-corrected chi connectivity index (χ4v) is 3.36. The second-order valence-corrected chi connectivity index (χ2v) is 6.66. The van der Waals surface area contributed by atoms with Gasteiger partial charge in [0.25, 0.3) is 0 Å². The Morgan fingerprint density at radius 1 is 1.17 bits per heavy atom. The molecule has 1 heterocycles. The van der Waals surface area contributed by atoms with Gasteiger partial charge < -0.3 is 4.90 Å². The molecule has 0 saturated carbocycles. The number of fused-ring (bicyclic) bond motifs is 1. The molecule has 2 nitrogen and oxygen atoms in total. The number of allylic oxidation sites excluding steroid dienone is 1. The maximum Gasteiger partial charge on any atom is 0.172 e. The minimum absolute atomic E-state index is 1.01. The lowest BCUT2D eigenvalue weighted by Crippen LogP contribution is -2.28. The Morgan fingerprint density at radius 2 is 1.96 bits per heavy atom. The van der Waals surface area contributed by atoms with E-state index in [4.69, 9.17) is 0 Å². The molecule has 0 fully saturated rings. The van der Waals surface area contributed by atoms with Gasteiger partial charge in [0.1, 0.15) is 7.05 Å². The van der Waals surface area contributed by atoms with Crippen LogP contribution >= 0.6 is 0 Å². The molecule has 1 aliphatic carbocycles. The number of hydrogen-bond donors (Lipinski definition) is 0. The summed E-state index contributed by atoms with van der Waals surface area (Å²) >= 11 is 0. The number of rotatable bonds is 5. The molecule has 0 N–H and O–H groups in total. The van der Waals surface area contributed by atoms with Crippen molar-refractivity contribution in [3.05, 3.63) is 72.1 Å². The molecule has 0 bridgehead atoms. The number of anilines is 1. The molecule has 124 valence electrons. The Labute approximate surface area is 145 Å². The Balaban J connectivity index is 1.81. The average Bonchev–Trinajstić information content (AvgIpc) is 2.60. The third-order valence-corrected chi connectivity index (χ3v) is 4.76. The number of pyridine rings is 1. The predicted molar refractivity (Wildman–Crippen MR) is 103 cm³/mol. The minimum Gasteiger partial charge on any atom is -0.374 e. The Morgan fingerprint density at radius 3 is 2.71 bits per heavy atom. The van der Waals surface area contributed by atoms with Crippen LogP contribution in [0.25, 0.3) is 11.6 Å². The number of hydrogen-bond acceptors (Lipinski definition) is 1. The van der Waals surface area contributed by atoms with Gasteiger partial charge in [-0.15, -0.1) is 6.58 Å². The SMILES string of the molecule is C=CCCN(C)c1ccc(/C=C2\CCCc3c[n+](C)ccc32)cc1. The van der Waals surface area contributed by atoms with E-state index in [9.17, 15) is 0 Å². The van der Waals surface area contributed by atoms with Gasteiger partial charge in [-0.3, -0.25) is 0 Å². The van der Waals surface area contributed by atoms with Crippen LogP contribution in [0.15, 0.2) is 55.4 Å². The van der Waals surface area contributed by atoms with E-state index in [0.717, 1.165) is 13.0 Å². The summed E-state index contributed by atoms with van der Waals surface area (Å²) in [6.45, 7) is 4.80. The Kier molecular flexibility index (Phi) is 5.14. The summed E-state index contributed by atoms with van der Waals surface area (Å²) in [5.41, 5.74) is 6.90. The van der Waals surface area contributed by atoms with E-state index in [2.05, 4.69) is 78.9 Å². The number of aromatic nitrogens is 1. The summed E-state index contributed by atoms with van der Waals surface area (Å²) in [4.78, 5) is 2.27. The predicted octanol–water partition coefficient (Wildman–Crippen LogP) is 4.40. The quantitative estimate of drug-likeness (QED) is 0.585. The van der Waals surface area contributed by atoms with Crippen LogP contribution in [0.1, 0.15) is 36.0 Å². The van der Waals surface area contributed by atoms with Gasteiger partial charge in [0, 0.05) is 30.9 Å². The third-order valence-electron chi connectivity index (χ3n) is 4.76. The largest absolute Gasteiger partial charge is 0.374 e. The summed E-state index contributed by atoms with van der Waals surface area (Å²) in [5, 5.41) is 0. The van der Waals surface area contributed by atoms with Gasteiger partial charge in [-0.05, 0) is 54.5 Å². The van der Waals surface area contributed by atoms with Crippen molar-refractivity contribution in [2.45, 2.75) is 25.7 Å². The van der Waals surface area contributed by atoms with Crippen molar-refractivity contribution in [1.29, 1.82) is 0 Å². The van der Waals surface area contributed by atoms with E-state index in [-0.39, 0.29) is 0 Å². The molecule has 0 saturated heterocycles. The van der Waals surface area contributed by atoms with Gasteiger partial charge in [-0.2, -0.15) is 0 Å². The lowest BCUT2D eigenvalue weighted by atomic mass is 9.87. The van der Waals surface area contributed by atoms with Gasteiger partial charge in [-0.1, -0.05) is 24.3 Å². The molecule has 1 aliphatic rings. The van der Waals surface area contributed by atoms with Crippen molar-refractivity contribution in [3.63, 3.8) is 0 Å². The number of nitrogens with zero attached hydrogens (tertiary/aromatic N) is 2. The summed E-state index contributed by atoms with van der Waals surface area (Å²) in [5.74, 6) is 0. The molecular weight excluding hydrogens is 292 g/mol. The first kappa shape index (κ1) is 16.5. The lowest BCUT2D eigenvalue weighted by molar-refractivity contribution is -0.672. The summed E-state index contributed by atoms with van der Waals surface area (Å²) in [6.07, 6.45) is 13.3. The highest BCUT2D eigenvalue weighted by molar-refractivity contribution is 5.83. The number of benzene rings is 1. The van der Waals surface area contributed by atoms with Crippen molar-refractivity contribution in [3.8, 4) is 0 Å². The molecule has 1 aromatic heterocycles. The monoisotopic (exact) mass is 319 g/mol. The van der Waals surface area contributed by atoms with Gasteiger partial charge in [0.2, 0.25) is 0 Å². The van der Waals surface area contributed by atoms with Crippen molar-refractivity contribution < 1.29 is 4.57 Å². The van der Waals surface area contributed by atoms with Crippen LogP contribution in [0.3, 0.4) is 0 Å². The molecule has 0 unspecified atom stereocenters. The van der Waals surface area contributed by atoms with E-state index in [0.29, 0.717) is 0 Å². The van der Waals surface area contributed by atoms with Gasteiger partial charge in [0.05, 0.1) is 0 Å². The molecule has 2 aromatic rings. The zero-order chi connectivity index (χ0) is 16.9. The maximum atomic E-state index is 3.79. The first-order valence-corrected chi connectivity index (χ1v) is 8.78. The minimum atomic E-state index is 1.01. The Hall–Kier alpha value is -2.35. The molecule has 0 aliphatic heterocycles. The van der Waals surface area contributed by atoms with Crippen molar-refractivity contribution in [1.82, 2.24) is 0 Å². The van der Waals surface area contributed by atoms with Crippen LogP contribution in [-0.2, 0) is 13.5 Å². The topological polar surface area (TPSA) is 7.12 Å². The second-order valence-electron chi connectivity index (χ2n) is 6.66. The first-order chi connectivity index (χ1) is 11.7. The van der Waals surface area contributed by atoms with Crippen LogP contribution < -0.4 is 9.47 Å². The molecule has 0 radical (unpaired) electrons. The smallest absolute Gasteiger partial charge is 0.172 e. The van der Waals surface area contributed by atoms with Crippen LogP contribution in [0.4, 0.5) is 5.69 Å². The summed E-state index contributed by atoms with van der Waals surface area (Å²) < 4.78 is 2.15.